The third kappa shape index (κ3) is 3.77. The second-order valence-electron chi connectivity index (χ2n) is 7.33. The van der Waals surface area contributed by atoms with Crippen LogP contribution in [-0.2, 0) is 6.54 Å². The largest absolute Gasteiger partial charge is 0.335 e. The predicted octanol–water partition coefficient (Wildman–Crippen LogP) is 4.57. The van der Waals surface area contributed by atoms with E-state index in [1.54, 1.807) is 11.3 Å². The maximum atomic E-state index is 13.3. The van der Waals surface area contributed by atoms with Gasteiger partial charge in [0.05, 0.1) is 10.2 Å². The molecule has 0 atom stereocenters. The highest BCUT2D eigenvalue weighted by molar-refractivity contribution is 7.17. The van der Waals surface area contributed by atoms with Gasteiger partial charge in [0.15, 0.2) is 0 Å². The first kappa shape index (κ1) is 18.5. The molecule has 142 valence electrons. The summed E-state index contributed by atoms with van der Waals surface area (Å²) in [7, 11) is 0. The van der Waals surface area contributed by atoms with Crippen LogP contribution in [0.2, 0.25) is 5.02 Å². The molecule has 1 aromatic carbocycles. The Hall–Kier alpha value is -1.82. The minimum Gasteiger partial charge on any atom is -0.335 e. The minimum absolute atomic E-state index is 0.135. The number of carbonyl (C=O) groups excluding carboxylic acids is 1. The lowest BCUT2D eigenvalue weighted by Gasteiger charge is -2.37. The smallest absolute Gasteiger partial charge is 0.270 e. The third-order valence-electron chi connectivity index (χ3n) is 5.33. The molecule has 3 heterocycles. The highest BCUT2D eigenvalue weighted by Gasteiger charge is 2.26. The Balaban J connectivity index is 1.60. The fourth-order valence-electron chi connectivity index (χ4n) is 3.70. The van der Waals surface area contributed by atoms with Crippen molar-refractivity contribution >= 4 is 39.1 Å². The molecule has 0 saturated carbocycles. The highest BCUT2D eigenvalue weighted by Crippen LogP contribution is 2.27. The molecule has 1 aliphatic rings. The highest BCUT2D eigenvalue weighted by atomic mass is 35.5. The van der Waals surface area contributed by atoms with Crippen LogP contribution in [-0.4, -0.2) is 52.5 Å². The summed E-state index contributed by atoms with van der Waals surface area (Å²) in [4.78, 5) is 17.7. The Morgan fingerprint density at radius 3 is 2.48 bits per heavy atom. The van der Waals surface area contributed by atoms with E-state index in [9.17, 15) is 4.79 Å². The first-order valence-corrected chi connectivity index (χ1v) is 10.6. The van der Waals surface area contributed by atoms with Crippen molar-refractivity contribution in [2.75, 3.05) is 26.2 Å². The molecule has 1 aliphatic heterocycles. The average molecular weight is 402 g/mol. The Morgan fingerprint density at radius 1 is 1.11 bits per heavy atom. The molecule has 6 heteroatoms. The summed E-state index contributed by atoms with van der Waals surface area (Å²) in [6.07, 6.45) is 0. The third-order valence-corrected chi connectivity index (χ3v) is 6.43. The van der Waals surface area contributed by atoms with Gasteiger partial charge in [-0.2, -0.15) is 0 Å². The van der Waals surface area contributed by atoms with Crippen LogP contribution < -0.4 is 0 Å². The fraction of sp³-hybridized carbons (Fsp3) is 0.381. The van der Waals surface area contributed by atoms with E-state index in [-0.39, 0.29) is 5.91 Å². The summed E-state index contributed by atoms with van der Waals surface area (Å²) >= 11 is 7.70. The van der Waals surface area contributed by atoms with Crippen molar-refractivity contribution in [1.82, 2.24) is 14.4 Å². The van der Waals surface area contributed by atoms with E-state index in [4.69, 9.17) is 11.6 Å². The molecule has 0 aliphatic carbocycles. The molecule has 4 nitrogen and oxygen atoms in total. The summed E-state index contributed by atoms with van der Waals surface area (Å²) in [5, 5.41) is 2.81. The van der Waals surface area contributed by atoms with Crippen molar-refractivity contribution < 1.29 is 4.79 Å². The fourth-order valence-corrected chi connectivity index (χ4v) is 4.65. The van der Waals surface area contributed by atoms with Crippen molar-refractivity contribution in [3.05, 3.63) is 58.1 Å². The molecule has 0 N–H and O–H groups in total. The monoisotopic (exact) mass is 401 g/mol. The van der Waals surface area contributed by atoms with Gasteiger partial charge in [-0.1, -0.05) is 23.7 Å². The Bertz CT molecular complexity index is 936. The van der Waals surface area contributed by atoms with E-state index < -0.39 is 0 Å². The van der Waals surface area contributed by atoms with Gasteiger partial charge in [0, 0.05) is 43.8 Å². The average Bonchev–Trinajstić information content (AvgIpc) is 3.25. The van der Waals surface area contributed by atoms with Gasteiger partial charge in [0.2, 0.25) is 0 Å². The second-order valence-corrected chi connectivity index (χ2v) is 8.72. The van der Waals surface area contributed by atoms with Crippen molar-refractivity contribution in [1.29, 1.82) is 0 Å². The van der Waals surface area contributed by atoms with E-state index in [1.165, 1.54) is 0 Å². The lowest BCUT2D eigenvalue weighted by Crippen LogP contribution is -2.51. The van der Waals surface area contributed by atoms with Gasteiger partial charge in [-0.3, -0.25) is 9.69 Å². The van der Waals surface area contributed by atoms with Crippen LogP contribution >= 0.6 is 22.9 Å². The van der Waals surface area contributed by atoms with E-state index >= 15 is 0 Å². The number of rotatable bonds is 4. The number of aromatic nitrogens is 1. The number of nitrogens with zero attached hydrogens (tertiary/aromatic N) is 3. The second kappa shape index (κ2) is 7.66. The Labute approximate surface area is 168 Å². The lowest BCUT2D eigenvalue weighted by atomic mass is 10.2. The molecular formula is C21H24ClN3OS. The molecule has 4 rings (SSSR count). The van der Waals surface area contributed by atoms with Gasteiger partial charge < -0.3 is 9.47 Å². The van der Waals surface area contributed by atoms with Crippen LogP contribution in [0.4, 0.5) is 0 Å². The van der Waals surface area contributed by atoms with Gasteiger partial charge in [0.1, 0.15) is 5.69 Å². The molecule has 0 spiro atoms. The predicted molar refractivity (Wildman–Crippen MR) is 113 cm³/mol. The van der Waals surface area contributed by atoms with Crippen LogP contribution in [0.3, 0.4) is 0 Å². The Morgan fingerprint density at radius 2 is 1.81 bits per heavy atom. The van der Waals surface area contributed by atoms with E-state index in [1.807, 2.05) is 35.2 Å². The zero-order valence-corrected chi connectivity index (χ0v) is 17.3. The molecule has 3 aromatic rings. The van der Waals surface area contributed by atoms with Crippen molar-refractivity contribution in [3.8, 4) is 0 Å². The quantitative estimate of drug-likeness (QED) is 0.640. The molecule has 2 aromatic heterocycles. The number of halogens is 1. The number of piperazine rings is 1. The summed E-state index contributed by atoms with van der Waals surface area (Å²) in [6, 6.07) is 12.5. The molecular weight excluding hydrogens is 378 g/mol. The topological polar surface area (TPSA) is 28.5 Å². The normalized spacial score (nSPS) is 15.8. The first-order valence-electron chi connectivity index (χ1n) is 9.37. The van der Waals surface area contributed by atoms with Crippen LogP contribution in [0.15, 0.2) is 41.8 Å². The lowest BCUT2D eigenvalue weighted by molar-refractivity contribution is 0.0586. The SMILES string of the molecule is CC(C)N1CCN(C(=O)c2cc3sccc3n2Cc2ccc(Cl)cc2)CC1. The molecule has 27 heavy (non-hydrogen) atoms. The summed E-state index contributed by atoms with van der Waals surface area (Å²) in [6.45, 7) is 8.55. The molecule has 0 unspecified atom stereocenters. The standard InChI is InChI=1S/C21H24ClN3OS/c1-15(2)23-8-10-24(11-9-23)21(26)19-13-20-18(7-12-27-20)25(19)14-16-3-5-17(22)6-4-16/h3-7,12-13,15H,8-11,14H2,1-2H3. The number of thiophene rings is 1. The number of hydrogen-bond donors (Lipinski definition) is 0. The summed E-state index contributed by atoms with van der Waals surface area (Å²) in [5.41, 5.74) is 3.05. The summed E-state index contributed by atoms with van der Waals surface area (Å²) in [5.74, 6) is 0.135. The number of carbonyl (C=O) groups is 1. The van der Waals surface area contributed by atoms with E-state index in [2.05, 4.69) is 34.8 Å². The minimum atomic E-state index is 0.135. The van der Waals surface area contributed by atoms with E-state index in [0.717, 1.165) is 52.7 Å². The number of amides is 1. The van der Waals surface area contributed by atoms with Crippen molar-refractivity contribution in [2.45, 2.75) is 26.4 Å². The van der Waals surface area contributed by atoms with Gasteiger partial charge in [-0.15, -0.1) is 11.3 Å². The Kier molecular flexibility index (Phi) is 5.26. The summed E-state index contributed by atoms with van der Waals surface area (Å²) < 4.78 is 3.31. The zero-order chi connectivity index (χ0) is 19.0. The van der Waals surface area contributed by atoms with Gasteiger partial charge >= 0.3 is 0 Å². The zero-order valence-electron chi connectivity index (χ0n) is 15.7. The van der Waals surface area contributed by atoms with Gasteiger partial charge in [-0.25, -0.2) is 0 Å². The maximum absolute atomic E-state index is 13.3. The maximum Gasteiger partial charge on any atom is 0.270 e. The molecule has 0 bridgehead atoms. The molecule has 1 saturated heterocycles. The number of benzene rings is 1. The van der Waals surface area contributed by atoms with Crippen molar-refractivity contribution in [3.63, 3.8) is 0 Å². The van der Waals surface area contributed by atoms with Crippen LogP contribution in [0, 0.1) is 0 Å². The first-order chi connectivity index (χ1) is 13.0. The van der Waals surface area contributed by atoms with E-state index in [0.29, 0.717) is 12.6 Å². The molecule has 1 fully saturated rings. The van der Waals surface area contributed by atoms with Crippen LogP contribution in [0.25, 0.3) is 10.2 Å². The van der Waals surface area contributed by atoms with Crippen LogP contribution in [0.5, 0.6) is 0 Å². The van der Waals surface area contributed by atoms with Crippen molar-refractivity contribution in [2.24, 2.45) is 0 Å². The van der Waals surface area contributed by atoms with Gasteiger partial charge in [-0.05, 0) is 49.1 Å². The molecule has 0 radical (unpaired) electrons. The van der Waals surface area contributed by atoms with Gasteiger partial charge in [0.25, 0.3) is 5.91 Å². The number of fused-ring (bicyclic) bond motifs is 1. The number of hydrogen-bond acceptors (Lipinski definition) is 3. The molecule has 1 amide bonds. The van der Waals surface area contributed by atoms with Crippen LogP contribution in [0.1, 0.15) is 29.9 Å².